The molecule has 0 bridgehead atoms. The van der Waals surface area contributed by atoms with Crippen molar-refractivity contribution in [3.8, 4) is 0 Å². The summed E-state index contributed by atoms with van der Waals surface area (Å²) in [6.07, 6.45) is 17.9. The van der Waals surface area contributed by atoms with Crippen molar-refractivity contribution >= 4 is 34.7 Å². The van der Waals surface area contributed by atoms with Crippen molar-refractivity contribution in [3.05, 3.63) is 30.3 Å². The summed E-state index contributed by atoms with van der Waals surface area (Å²) in [6, 6.07) is 8.61. The molecule has 222 valence electrons. The highest BCUT2D eigenvalue weighted by atomic mass is 32.1. The van der Waals surface area contributed by atoms with E-state index in [4.69, 9.17) is 22.1 Å². The predicted molar refractivity (Wildman–Crippen MR) is 165 cm³/mol. The van der Waals surface area contributed by atoms with Gasteiger partial charge < -0.3 is 25.8 Å². The average molecular weight is 564 g/mol. The predicted octanol–water partition coefficient (Wildman–Crippen LogP) is 6.30. The highest BCUT2D eigenvalue weighted by Gasteiger charge is 2.20. The summed E-state index contributed by atoms with van der Waals surface area (Å²) in [5.74, 6) is -0.474. The van der Waals surface area contributed by atoms with Crippen LogP contribution in [0.15, 0.2) is 30.3 Å². The Bertz CT molecular complexity index is 763. The zero-order valence-electron chi connectivity index (χ0n) is 24.2. The van der Waals surface area contributed by atoms with Crippen molar-refractivity contribution in [3.63, 3.8) is 0 Å². The van der Waals surface area contributed by atoms with E-state index in [1.807, 2.05) is 30.3 Å². The molecule has 8 heteroatoms. The molecule has 39 heavy (non-hydrogen) atoms. The van der Waals surface area contributed by atoms with Gasteiger partial charge in [-0.25, -0.2) is 0 Å². The fourth-order valence-electron chi connectivity index (χ4n) is 4.36. The van der Waals surface area contributed by atoms with Gasteiger partial charge in [0.25, 0.3) is 0 Å². The number of thiocarbonyl (C=S) groups is 1. The first-order valence-corrected chi connectivity index (χ1v) is 15.6. The number of benzene rings is 1. The summed E-state index contributed by atoms with van der Waals surface area (Å²) < 4.78 is 5.17. The number of nitrogens with one attached hydrogen (secondary N) is 3. The van der Waals surface area contributed by atoms with E-state index in [9.17, 15) is 9.59 Å². The summed E-state index contributed by atoms with van der Waals surface area (Å²) in [6.45, 7) is 3.35. The number of hydrogen-bond donors (Lipinski definition) is 4. The Balaban J connectivity index is 2.21. The molecule has 0 aliphatic rings. The Hall–Kier alpha value is -2.03. The largest absolute Gasteiger partial charge is 0.394 e. The molecular weight excluding hydrogens is 510 g/mol. The first kappa shape index (κ1) is 35.0. The van der Waals surface area contributed by atoms with Crippen LogP contribution in [0.5, 0.6) is 0 Å². The molecule has 1 aromatic carbocycles. The van der Waals surface area contributed by atoms with Gasteiger partial charge in [0.2, 0.25) is 11.8 Å². The third-order valence-electron chi connectivity index (χ3n) is 6.65. The zero-order valence-corrected chi connectivity index (χ0v) is 25.0. The molecule has 2 amide bonds. The van der Waals surface area contributed by atoms with Crippen LogP contribution in [0, 0.1) is 0 Å². The Morgan fingerprint density at radius 1 is 0.846 bits per heavy atom. The molecule has 0 aliphatic heterocycles. The molecule has 4 N–H and O–H groups in total. The van der Waals surface area contributed by atoms with Crippen LogP contribution in [0.1, 0.15) is 110 Å². The Morgan fingerprint density at radius 3 is 2.13 bits per heavy atom. The number of ether oxygens (including phenoxy) is 1. The van der Waals surface area contributed by atoms with Crippen LogP contribution in [0.25, 0.3) is 0 Å². The molecule has 1 aromatic rings. The number of aliphatic hydroxyl groups is 1. The second-order valence-electron chi connectivity index (χ2n) is 10.2. The maximum absolute atomic E-state index is 12.9. The fourth-order valence-corrected chi connectivity index (χ4v) is 4.60. The van der Waals surface area contributed by atoms with Crippen molar-refractivity contribution in [1.29, 1.82) is 0 Å². The van der Waals surface area contributed by atoms with E-state index >= 15 is 0 Å². The van der Waals surface area contributed by atoms with Gasteiger partial charge in [-0.3, -0.25) is 9.59 Å². The van der Waals surface area contributed by atoms with E-state index in [0.29, 0.717) is 12.1 Å². The van der Waals surface area contributed by atoms with E-state index in [0.717, 1.165) is 37.2 Å². The summed E-state index contributed by atoms with van der Waals surface area (Å²) in [5, 5.41) is 17.9. The first-order chi connectivity index (χ1) is 19.1. The van der Waals surface area contributed by atoms with Crippen LogP contribution >= 0.6 is 12.2 Å². The van der Waals surface area contributed by atoms with Gasteiger partial charge in [-0.1, -0.05) is 102 Å². The molecule has 0 aromatic heterocycles. The second kappa shape index (κ2) is 25.0. The number of para-hydroxylation sites is 1. The third kappa shape index (κ3) is 20.5. The minimum Gasteiger partial charge on any atom is -0.394 e. The molecule has 0 saturated heterocycles. The third-order valence-corrected chi connectivity index (χ3v) is 7.00. The standard InChI is InChI=1S/C31H53N3O4S/c1-2-3-4-5-6-7-8-9-10-11-15-21-30(39)32-23-17-16-20-28(34-29(36)22-25-38-26-24-35)31(37)33-27-18-13-12-14-19-27/h12-14,18-19,28,35H,2-11,15-17,20-26H2,1H3,(H,32,39)(H,33,37)(H,34,36)/t28-/m0/s1. The molecule has 1 atom stereocenters. The van der Waals surface area contributed by atoms with Crippen LogP contribution in [0.3, 0.4) is 0 Å². The SMILES string of the molecule is CCCCCCCCCCCCCC(=S)NCCCC[C@H](NC(=O)CCOCCO)C(=O)Nc1ccccc1. The van der Waals surface area contributed by atoms with E-state index in [2.05, 4.69) is 22.9 Å². The lowest BCUT2D eigenvalue weighted by molar-refractivity contribution is -0.127. The number of rotatable bonds is 25. The van der Waals surface area contributed by atoms with Crippen molar-refractivity contribution in [2.24, 2.45) is 0 Å². The van der Waals surface area contributed by atoms with E-state index < -0.39 is 6.04 Å². The van der Waals surface area contributed by atoms with Gasteiger partial charge in [0.15, 0.2) is 0 Å². The molecule has 0 unspecified atom stereocenters. The van der Waals surface area contributed by atoms with Gasteiger partial charge in [0, 0.05) is 18.7 Å². The fraction of sp³-hybridized carbons (Fsp3) is 0.710. The lowest BCUT2D eigenvalue weighted by Crippen LogP contribution is -2.44. The molecule has 0 fully saturated rings. The molecule has 0 spiro atoms. The van der Waals surface area contributed by atoms with E-state index in [-0.39, 0.29) is 38.1 Å². The number of carbonyl (C=O) groups is 2. The first-order valence-electron chi connectivity index (χ1n) is 15.2. The number of carbonyl (C=O) groups excluding carboxylic acids is 2. The molecule has 0 saturated carbocycles. The number of aliphatic hydroxyl groups excluding tert-OH is 1. The lowest BCUT2D eigenvalue weighted by Gasteiger charge is -2.19. The highest BCUT2D eigenvalue weighted by molar-refractivity contribution is 7.80. The summed E-state index contributed by atoms with van der Waals surface area (Å²) in [7, 11) is 0. The maximum atomic E-state index is 12.9. The van der Waals surface area contributed by atoms with Crippen molar-refractivity contribution in [2.75, 3.05) is 31.7 Å². The van der Waals surface area contributed by atoms with Gasteiger partial charge in [-0.05, 0) is 44.2 Å². The lowest BCUT2D eigenvalue weighted by atomic mass is 10.1. The van der Waals surface area contributed by atoms with Gasteiger partial charge >= 0.3 is 0 Å². The summed E-state index contributed by atoms with van der Waals surface area (Å²) in [5.41, 5.74) is 0.697. The van der Waals surface area contributed by atoms with Crippen molar-refractivity contribution < 1.29 is 19.4 Å². The van der Waals surface area contributed by atoms with E-state index in [1.54, 1.807) is 0 Å². The second-order valence-corrected chi connectivity index (χ2v) is 10.7. The number of hydrogen-bond acceptors (Lipinski definition) is 5. The monoisotopic (exact) mass is 563 g/mol. The summed E-state index contributed by atoms with van der Waals surface area (Å²) >= 11 is 5.50. The average Bonchev–Trinajstić information content (AvgIpc) is 2.93. The number of unbranched alkanes of at least 4 members (excludes halogenated alkanes) is 11. The van der Waals surface area contributed by atoms with Gasteiger partial charge in [-0.2, -0.15) is 0 Å². The number of anilines is 1. The van der Waals surface area contributed by atoms with Gasteiger partial charge in [0.1, 0.15) is 6.04 Å². The van der Waals surface area contributed by atoms with Crippen LogP contribution in [-0.4, -0.2) is 54.3 Å². The Morgan fingerprint density at radius 2 is 1.49 bits per heavy atom. The Labute approximate surface area is 242 Å². The molecule has 0 heterocycles. The van der Waals surface area contributed by atoms with Gasteiger partial charge in [0.05, 0.1) is 24.8 Å². The summed E-state index contributed by atoms with van der Waals surface area (Å²) in [4.78, 5) is 26.1. The van der Waals surface area contributed by atoms with Crippen LogP contribution in [0.2, 0.25) is 0 Å². The van der Waals surface area contributed by atoms with Gasteiger partial charge in [-0.15, -0.1) is 0 Å². The topological polar surface area (TPSA) is 99.7 Å². The highest BCUT2D eigenvalue weighted by Crippen LogP contribution is 2.12. The van der Waals surface area contributed by atoms with Crippen molar-refractivity contribution in [2.45, 2.75) is 116 Å². The van der Waals surface area contributed by atoms with Crippen molar-refractivity contribution in [1.82, 2.24) is 10.6 Å². The smallest absolute Gasteiger partial charge is 0.246 e. The molecule has 1 rings (SSSR count). The van der Waals surface area contributed by atoms with Crippen LogP contribution < -0.4 is 16.0 Å². The minimum absolute atomic E-state index is 0.0828. The number of amides is 2. The van der Waals surface area contributed by atoms with Crippen LogP contribution in [-0.2, 0) is 14.3 Å². The molecule has 0 radical (unpaired) electrons. The molecule has 7 nitrogen and oxygen atoms in total. The molecular formula is C31H53N3O4S. The van der Waals surface area contributed by atoms with E-state index in [1.165, 1.54) is 64.2 Å². The van der Waals surface area contributed by atoms with Crippen LogP contribution in [0.4, 0.5) is 5.69 Å². The molecule has 0 aliphatic carbocycles. The Kier molecular flexibility index (Phi) is 22.4. The minimum atomic E-state index is -0.626. The quantitative estimate of drug-likeness (QED) is 0.0823. The normalized spacial score (nSPS) is 11.6. The maximum Gasteiger partial charge on any atom is 0.246 e. The zero-order chi connectivity index (χ0) is 28.4.